The van der Waals surface area contributed by atoms with Crippen molar-refractivity contribution < 1.29 is 28.7 Å². The van der Waals surface area contributed by atoms with Crippen LogP contribution in [0.25, 0.3) is 0 Å². The summed E-state index contributed by atoms with van der Waals surface area (Å²) in [6.45, 7) is 3.07. The van der Waals surface area contributed by atoms with Gasteiger partial charge in [-0.15, -0.1) is 0 Å². The predicted octanol–water partition coefficient (Wildman–Crippen LogP) is 1.71. The van der Waals surface area contributed by atoms with Crippen LogP contribution in [0.2, 0.25) is 0 Å². The first-order valence-electron chi connectivity index (χ1n) is 9.28. The molecule has 1 saturated heterocycles. The van der Waals surface area contributed by atoms with Gasteiger partial charge in [-0.1, -0.05) is 12.1 Å². The molecule has 142 valence electrons. The summed E-state index contributed by atoms with van der Waals surface area (Å²) < 4.78 is 10.7. The van der Waals surface area contributed by atoms with Gasteiger partial charge >= 0.3 is 11.9 Å². The fourth-order valence-electron chi connectivity index (χ4n) is 4.62. The quantitative estimate of drug-likeness (QED) is 0.388. The van der Waals surface area contributed by atoms with Crippen LogP contribution < -0.4 is 0 Å². The molecule has 1 aliphatic heterocycles. The van der Waals surface area contributed by atoms with Crippen LogP contribution >= 0.6 is 0 Å². The monoisotopic (exact) mass is 378 g/mol. The van der Waals surface area contributed by atoms with E-state index >= 15 is 0 Å². The number of hydrogen-bond donors (Lipinski definition) is 0. The summed E-state index contributed by atoms with van der Waals surface area (Å²) in [7, 11) is 0. The lowest BCUT2D eigenvalue weighted by molar-refractivity contribution is -0.250. The molecule has 0 radical (unpaired) electrons. The number of benzene rings is 1. The summed E-state index contributed by atoms with van der Waals surface area (Å²) in [5, 5.41) is 0. The molecule has 1 aromatic rings. The Morgan fingerprint density at radius 3 is 1.57 bits per heavy atom. The lowest BCUT2D eigenvalue weighted by Crippen LogP contribution is -2.54. The molecule has 4 aliphatic rings. The minimum Gasteiger partial charge on any atom is -0.422 e. The largest absolute Gasteiger partial charge is 0.422 e. The third kappa shape index (κ3) is 2.27. The van der Waals surface area contributed by atoms with Gasteiger partial charge in [0.2, 0.25) is 0 Å². The van der Waals surface area contributed by atoms with Crippen LogP contribution in [0.15, 0.2) is 35.4 Å². The maximum atomic E-state index is 12.7. The molecule has 28 heavy (non-hydrogen) atoms. The lowest BCUT2D eigenvalue weighted by Gasteiger charge is -2.38. The van der Waals surface area contributed by atoms with Crippen molar-refractivity contribution in [2.24, 2.45) is 5.41 Å². The van der Waals surface area contributed by atoms with Crippen LogP contribution in [0.4, 0.5) is 0 Å². The molecule has 3 aliphatic carbocycles. The fourth-order valence-corrected chi connectivity index (χ4v) is 4.62. The number of ether oxygens (including phenoxy) is 2. The third-order valence-electron chi connectivity index (χ3n) is 6.04. The number of hydrogen-bond acceptors (Lipinski definition) is 6. The van der Waals surface area contributed by atoms with Gasteiger partial charge in [-0.2, -0.15) is 0 Å². The van der Waals surface area contributed by atoms with Crippen LogP contribution in [0, 0.1) is 5.41 Å². The summed E-state index contributed by atoms with van der Waals surface area (Å²) in [4.78, 5) is 49.8. The van der Waals surface area contributed by atoms with Crippen molar-refractivity contribution in [3.8, 4) is 0 Å². The number of carbonyl (C=O) groups is 4. The zero-order valence-electron chi connectivity index (χ0n) is 15.6. The zero-order valence-corrected chi connectivity index (χ0v) is 15.6. The minimum absolute atomic E-state index is 0.126. The summed E-state index contributed by atoms with van der Waals surface area (Å²) >= 11 is 0. The molecule has 6 heteroatoms. The van der Waals surface area contributed by atoms with Gasteiger partial charge in [0.15, 0.2) is 17.0 Å². The van der Waals surface area contributed by atoms with E-state index in [2.05, 4.69) is 0 Å². The maximum absolute atomic E-state index is 12.7. The first-order valence-corrected chi connectivity index (χ1v) is 9.28. The van der Waals surface area contributed by atoms with Crippen molar-refractivity contribution in [1.82, 2.24) is 0 Å². The topological polar surface area (TPSA) is 86.7 Å². The second kappa shape index (κ2) is 5.28. The fraction of sp³-hybridized carbons (Fsp3) is 0.364. The molecule has 0 bridgehead atoms. The molecule has 0 N–H and O–H groups in total. The van der Waals surface area contributed by atoms with E-state index in [4.69, 9.17) is 9.47 Å². The molecular weight excluding hydrogens is 360 g/mol. The van der Waals surface area contributed by atoms with E-state index in [9.17, 15) is 19.2 Å². The van der Waals surface area contributed by atoms with Crippen molar-refractivity contribution >= 4 is 23.5 Å². The second-order valence-electron chi connectivity index (χ2n) is 8.38. The van der Waals surface area contributed by atoms with Crippen molar-refractivity contribution in [2.75, 3.05) is 0 Å². The van der Waals surface area contributed by atoms with Gasteiger partial charge in [0.05, 0.1) is 0 Å². The highest BCUT2D eigenvalue weighted by atomic mass is 16.7. The van der Waals surface area contributed by atoms with Crippen molar-refractivity contribution in [2.45, 2.75) is 45.3 Å². The molecule has 1 spiro atoms. The van der Waals surface area contributed by atoms with E-state index < -0.39 is 23.1 Å². The van der Waals surface area contributed by atoms with Crippen LogP contribution in [0.3, 0.4) is 0 Å². The molecule has 0 unspecified atom stereocenters. The van der Waals surface area contributed by atoms with E-state index in [0.29, 0.717) is 24.0 Å². The van der Waals surface area contributed by atoms with Crippen molar-refractivity contribution in [1.29, 1.82) is 0 Å². The Bertz CT molecular complexity index is 988. The number of allylic oxidation sites excluding steroid dienone is 4. The van der Waals surface area contributed by atoms with E-state index in [0.717, 1.165) is 22.3 Å². The normalized spacial score (nSPS) is 23.9. The highest BCUT2D eigenvalue weighted by Gasteiger charge is 2.59. The number of fused-ring (bicyclic) bond motifs is 2. The zero-order chi connectivity index (χ0) is 19.8. The Balaban J connectivity index is 1.51. The number of carbonyl (C=O) groups excluding carboxylic acids is 4. The molecule has 1 aromatic carbocycles. The van der Waals surface area contributed by atoms with Crippen LogP contribution in [0.5, 0.6) is 0 Å². The van der Waals surface area contributed by atoms with Crippen LogP contribution in [0.1, 0.15) is 36.1 Å². The molecule has 5 rings (SSSR count). The van der Waals surface area contributed by atoms with Gasteiger partial charge in [-0.25, -0.2) is 0 Å². The molecule has 0 amide bonds. The smallest absolute Gasteiger partial charge is 0.327 e. The van der Waals surface area contributed by atoms with Crippen molar-refractivity contribution in [3.63, 3.8) is 0 Å². The van der Waals surface area contributed by atoms with E-state index in [1.54, 1.807) is 0 Å². The SMILES string of the molecule is CC1(C)OC(=O)C2(Cc3cc4c(cc3C2)CC2=C(C4)C(=O)C=CC2=O)C(=O)O1. The van der Waals surface area contributed by atoms with Crippen LogP contribution in [-0.2, 0) is 54.3 Å². The van der Waals surface area contributed by atoms with Gasteiger partial charge < -0.3 is 9.47 Å². The van der Waals surface area contributed by atoms with Gasteiger partial charge in [0.25, 0.3) is 5.79 Å². The van der Waals surface area contributed by atoms with Gasteiger partial charge in [0.1, 0.15) is 0 Å². The standard InChI is InChI=1S/C22H18O6/c1-21(2)27-19(25)22(20(26)28-21)9-13-5-11-7-15-16(18(24)4-3-17(15)23)8-12(11)6-14(13)10-22/h3-6H,7-10H2,1-2H3. The van der Waals surface area contributed by atoms with Crippen LogP contribution in [-0.4, -0.2) is 29.3 Å². The molecule has 0 aromatic heterocycles. The van der Waals surface area contributed by atoms with Gasteiger partial charge in [0, 0.05) is 37.8 Å². The molecule has 6 nitrogen and oxygen atoms in total. The molecule has 1 fully saturated rings. The summed E-state index contributed by atoms with van der Waals surface area (Å²) in [5.41, 5.74) is 3.45. The number of cyclic esters (lactones) is 2. The Morgan fingerprint density at radius 2 is 1.14 bits per heavy atom. The average Bonchev–Trinajstić information content (AvgIpc) is 2.99. The van der Waals surface area contributed by atoms with E-state index in [1.165, 1.54) is 26.0 Å². The number of esters is 2. The Kier molecular flexibility index (Phi) is 3.22. The number of ketones is 2. The molecule has 1 heterocycles. The third-order valence-corrected chi connectivity index (χ3v) is 6.04. The number of rotatable bonds is 0. The minimum atomic E-state index is -1.35. The van der Waals surface area contributed by atoms with E-state index in [1.807, 2.05) is 12.1 Å². The summed E-state index contributed by atoms with van der Waals surface area (Å²) in [5.74, 6) is -2.63. The highest BCUT2D eigenvalue weighted by Crippen LogP contribution is 2.45. The summed E-state index contributed by atoms with van der Waals surface area (Å²) in [6, 6.07) is 3.92. The predicted molar refractivity (Wildman–Crippen MR) is 96.1 cm³/mol. The Labute approximate surface area is 161 Å². The molecule has 0 saturated carbocycles. The lowest BCUT2D eigenvalue weighted by atomic mass is 9.79. The van der Waals surface area contributed by atoms with Gasteiger partial charge in [-0.05, 0) is 47.2 Å². The van der Waals surface area contributed by atoms with Crippen molar-refractivity contribution in [3.05, 3.63) is 57.7 Å². The van der Waals surface area contributed by atoms with E-state index in [-0.39, 0.29) is 24.4 Å². The first-order chi connectivity index (χ1) is 13.2. The van der Waals surface area contributed by atoms with Gasteiger partial charge in [-0.3, -0.25) is 19.2 Å². The maximum Gasteiger partial charge on any atom is 0.327 e. The molecule has 0 atom stereocenters. The second-order valence-corrected chi connectivity index (χ2v) is 8.38. The first kappa shape index (κ1) is 17.1. The molecular formula is C22H18O6. The Morgan fingerprint density at radius 1 is 0.714 bits per heavy atom. The Hall–Kier alpha value is -3.02. The summed E-state index contributed by atoms with van der Waals surface area (Å²) in [6.07, 6.45) is 3.88. The highest BCUT2D eigenvalue weighted by molar-refractivity contribution is 6.20. The average molecular weight is 378 g/mol.